The Morgan fingerprint density at radius 3 is 2.60 bits per heavy atom. The topological polar surface area (TPSA) is 15.3 Å². The minimum atomic E-state index is 0. The SMILES string of the molecule is CN(C)Cc1ccc(C=C2CCNC(=C=S)C2)cc1.Cl. The van der Waals surface area contributed by atoms with Crippen molar-refractivity contribution in [3.05, 3.63) is 46.7 Å². The van der Waals surface area contributed by atoms with E-state index < -0.39 is 0 Å². The van der Waals surface area contributed by atoms with E-state index in [4.69, 9.17) is 12.2 Å². The van der Waals surface area contributed by atoms with Gasteiger partial charge < -0.3 is 10.2 Å². The molecule has 0 spiro atoms. The second-order valence-corrected chi connectivity index (χ2v) is 5.42. The predicted molar refractivity (Wildman–Crippen MR) is 92.4 cm³/mol. The fourth-order valence-electron chi connectivity index (χ4n) is 2.27. The molecule has 0 radical (unpaired) electrons. The molecule has 1 aromatic carbocycles. The average Bonchev–Trinajstić information content (AvgIpc) is 2.41. The van der Waals surface area contributed by atoms with Gasteiger partial charge >= 0.3 is 0 Å². The molecular weight excluding hydrogens is 288 g/mol. The Morgan fingerprint density at radius 2 is 2.00 bits per heavy atom. The first-order chi connectivity index (χ1) is 9.17. The van der Waals surface area contributed by atoms with Crippen molar-refractivity contribution in [2.45, 2.75) is 19.4 Å². The predicted octanol–water partition coefficient (Wildman–Crippen LogP) is 3.42. The third-order valence-corrected chi connectivity index (χ3v) is 3.41. The van der Waals surface area contributed by atoms with E-state index in [0.717, 1.165) is 31.6 Å². The molecule has 1 aliphatic rings. The highest BCUT2D eigenvalue weighted by Gasteiger charge is 2.09. The molecule has 0 saturated carbocycles. The van der Waals surface area contributed by atoms with E-state index in [1.54, 1.807) is 0 Å². The van der Waals surface area contributed by atoms with Crippen LogP contribution in [0.25, 0.3) is 6.08 Å². The van der Waals surface area contributed by atoms with Crippen LogP contribution in [0, 0.1) is 0 Å². The summed E-state index contributed by atoms with van der Waals surface area (Å²) in [6, 6.07) is 8.77. The van der Waals surface area contributed by atoms with Crippen molar-refractivity contribution in [3.63, 3.8) is 0 Å². The summed E-state index contributed by atoms with van der Waals surface area (Å²) in [6.45, 7) is 1.95. The van der Waals surface area contributed by atoms with Crippen LogP contribution in [0.3, 0.4) is 0 Å². The first-order valence-electron chi connectivity index (χ1n) is 6.58. The van der Waals surface area contributed by atoms with E-state index in [2.05, 4.69) is 59.7 Å². The molecule has 0 amide bonds. The van der Waals surface area contributed by atoms with Crippen molar-refractivity contribution in [1.82, 2.24) is 10.2 Å². The lowest BCUT2D eigenvalue weighted by Gasteiger charge is -2.18. The molecule has 20 heavy (non-hydrogen) atoms. The molecule has 2 nitrogen and oxygen atoms in total. The molecule has 1 saturated heterocycles. The molecule has 0 aliphatic carbocycles. The molecule has 0 atom stereocenters. The van der Waals surface area contributed by atoms with Crippen LogP contribution >= 0.6 is 24.6 Å². The number of piperidine rings is 1. The number of nitrogens with zero attached hydrogens (tertiary/aromatic N) is 1. The number of rotatable bonds is 3. The molecule has 0 unspecified atom stereocenters. The van der Waals surface area contributed by atoms with E-state index >= 15 is 0 Å². The van der Waals surface area contributed by atoms with Gasteiger partial charge in [-0.2, -0.15) is 0 Å². The maximum absolute atomic E-state index is 4.87. The zero-order chi connectivity index (χ0) is 13.7. The summed E-state index contributed by atoms with van der Waals surface area (Å²) in [6.07, 6.45) is 4.26. The maximum Gasteiger partial charge on any atom is 0.0695 e. The van der Waals surface area contributed by atoms with Gasteiger partial charge in [-0.05, 0) is 48.9 Å². The van der Waals surface area contributed by atoms with Crippen LogP contribution < -0.4 is 5.32 Å². The van der Waals surface area contributed by atoms with Crippen LogP contribution in [0.15, 0.2) is 35.5 Å². The van der Waals surface area contributed by atoms with Gasteiger partial charge in [0, 0.05) is 19.5 Å². The average molecular weight is 309 g/mol. The summed E-state index contributed by atoms with van der Waals surface area (Å²) >= 11 is 4.87. The van der Waals surface area contributed by atoms with Crippen molar-refractivity contribution in [2.75, 3.05) is 20.6 Å². The standard InChI is InChI=1S/C16H20N2S.ClH/c1-18(2)11-14-5-3-13(4-6-14)9-15-7-8-17-16(10-15)12-19;/h3-6,9,17H,7-8,10-11H2,1-2H3;1H. The summed E-state index contributed by atoms with van der Waals surface area (Å²) < 4.78 is 0. The second kappa shape index (κ2) is 8.23. The van der Waals surface area contributed by atoms with E-state index in [9.17, 15) is 0 Å². The molecule has 1 N–H and O–H groups in total. The Bertz CT molecular complexity index is 514. The van der Waals surface area contributed by atoms with Crippen molar-refractivity contribution in [2.24, 2.45) is 0 Å². The van der Waals surface area contributed by atoms with Gasteiger partial charge in [0.15, 0.2) is 0 Å². The monoisotopic (exact) mass is 308 g/mol. The molecule has 0 bridgehead atoms. The minimum Gasteiger partial charge on any atom is -0.381 e. The maximum atomic E-state index is 4.87. The van der Waals surface area contributed by atoms with Gasteiger partial charge in [0.1, 0.15) is 0 Å². The van der Waals surface area contributed by atoms with Crippen LogP contribution in [-0.4, -0.2) is 30.6 Å². The largest absolute Gasteiger partial charge is 0.381 e. The van der Waals surface area contributed by atoms with Crippen molar-refractivity contribution >= 4 is 35.7 Å². The first-order valence-corrected chi connectivity index (χ1v) is 6.99. The zero-order valence-electron chi connectivity index (χ0n) is 12.0. The molecule has 4 heteroatoms. The minimum absolute atomic E-state index is 0. The van der Waals surface area contributed by atoms with E-state index in [1.807, 2.05) is 0 Å². The smallest absolute Gasteiger partial charge is 0.0695 e. The summed E-state index contributed by atoms with van der Waals surface area (Å²) in [5, 5.41) is 6.06. The molecule has 1 aliphatic heterocycles. The van der Waals surface area contributed by atoms with Crippen LogP contribution in [0.5, 0.6) is 0 Å². The molecule has 1 aromatic rings. The molecule has 1 heterocycles. The molecule has 108 valence electrons. The van der Waals surface area contributed by atoms with Gasteiger partial charge in [-0.3, -0.25) is 0 Å². The third kappa shape index (κ3) is 5.10. The Labute approximate surface area is 133 Å². The second-order valence-electron chi connectivity index (χ2n) is 5.22. The number of thiocarbonyl (C=S) groups is 1. The summed E-state index contributed by atoms with van der Waals surface area (Å²) in [7, 11) is 4.17. The Balaban J connectivity index is 0.00000200. The molecule has 2 rings (SSSR count). The highest BCUT2D eigenvalue weighted by molar-refractivity contribution is 7.78. The van der Waals surface area contributed by atoms with Gasteiger partial charge in [-0.15, -0.1) is 12.4 Å². The fraction of sp³-hybridized carbons (Fsp3) is 0.375. The highest BCUT2D eigenvalue weighted by Crippen LogP contribution is 2.20. The molecule has 1 fully saturated rings. The summed E-state index contributed by atoms with van der Waals surface area (Å²) in [4.78, 5) is 2.18. The lowest BCUT2D eigenvalue weighted by molar-refractivity contribution is 0.402. The number of hydrogen-bond acceptors (Lipinski definition) is 3. The Morgan fingerprint density at radius 1 is 1.30 bits per heavy atom. The fourth-order valence-corrected chi connectivity index (χ4v) is 2.41. The molecular formula is C16H21ClN2S. The summed E-state index contributed by atoms with van der Waals surface area (Å²) in [5.74, 6) is 0. The third-order valence-electron chi connectivity index (χ3n) is 3.16. The van der Waals surface area contributed by atoms with Gasteiger partial charge in [0.05, 0.1) is 5.70 Å². The van der Waals surface area contributed by atoms with Crippen molar-refractivity contribution in [3.8, 4) is 0 Å². The van der Waals surface area contributed by atoms with E-state index in [0.29, 0.717) is 0 Å². The number of allylic oxidation sites excluding steroid dienone is 1. The number of nitrogens with one attached hydrogen (secondary N) is 1. The van der Waals surface area contributed by atoms with Crippen LogP contribution in [0.2, 0.25) is 0 Å². The van der Waals surface area contributed by atoms with Crippen molar-refractivity contribution in [1.29, 1.82) is 0 Å². The van der Waals surface area contributed by atoms with Gasteiger partial charge in [-0.1, -0.05) is 35.9 Å². The normalized spacial score (nSPS) is 16.6. The lowest BCUT2D eigenvalue weighted by atomic mass is 10.00. The van der Waals surface area contributed by atoms with Gasteiger partial charge in [-0.25, -0.2) is 0 Å². The van der Waals surface area contributed by atoms with Gasteiger partial charge in [0.25, 0.3) is 0 Å². The van der Waals surface area contributed by atoms with Gasteiger partial charge in [0.2, 0.25) is 0 Å². The first kappa shape index (κ1) is 16.9. The Kier molecular flexibility index (Phi) is 6.97. The van der Waals surface area contributed by atoms with Crippen LogP contribution in [0.4, 0.5) is 0 Å². The lowest BCUT2D eigenvalue weighted by Crippen LogP contribution is -2.21. The Hall–Kier alpha value is -1.12. The van der Waals surface area contributed by atoms with Crippen LogP contribution in [-0.2, 0) is 6.54 Å². The number of benzene rings is 1. The number of hydrogen-bond donors (Lipinski definition) is 1. The summed E-state index contributed by atoms with van der Waals surface area (Å²) in [5.41, 5.74) is 5.07. The van der Waals surface area contributed by atoms with Crippen LogP contribution in [0.1, 0.15) is 24.0 Å². The van der Waals surface area contributed by atoms with Crippen molar-refractivity contribution < 1.29 is 0 Å². The zero-order valence-corrected chi connectivity index (χ0v) is 13.6. The highest BCUT2D eigenvalue weighted by atomic mass is 35.5. The number of halogens is 1. The van der Waals surface area contributed by atoms with E-state index in [-0.39, 0.29) is 12.4 Å². The molecule has 0 aromatic heterocycles. The quantitative estimate of drug-likeness (QED) is 0.861. The van der Waals surface area contributed by atoms with E-state index in [1.165, 1.54) is 16.7 Å².